The number of hydrogen-bond donors (Lipinski definition) is 0. The highest BCUT2D eigenvalue weighted by Crippen LogP contribution is 2.01. The Balaban J connectivity index is 2.95. The van der Waals surface area contributed by atoms with Gasteiger partial charge in [0.15, 0.2) is 5.69 Å². The van der Waals surface area contributed by atoms with Crippen molar-refractivity contribution in [2.45, 2.75) is 6.92 Å². The van der Waals surface area contributed by atoms with Crippen LogP contribution in [0.3, 0.4) is 0 Å². The molecule has 0 fully saturated rings. The van der Waals surface area contributed by atoms with Crippen molar-refractivity contribution in [2.75, 3.05) is 0 Å². The maximum absolute atomic E-state index is 10.8. The average molecular weight is 137 g/mol. The fraction of sp³-hybridized carbons (Fsp3) is 0.143. The minimum absolute atomic E-state index is 0.211. The molecule has 0 atom stereocenters. The van der Waals surface area contributed by atoms with Crippen molar-refractivity contribution in [2.24, 2.45) is 0 Å². The molecule has 1 aromatic rings. The minimum Gasteiger partial charge on any atom is -0.361 e. The Bertz CT molecular complexity index is 262. The molecular formula is C7H7NO2. The molecule has 0 spiro atoms. The first-order chi connectivity index (χ1) is 4.74. The van der Waals surface area contributed by atoms with Crippen molar-refractivity contribution < 1.29 is 9.32 Å². The highest BCUT2D eigenvalue weighted by atomic mass is 16.5. The molecule has 10 heavy (non-hydrogen) atoms. The summed E-state index contributed by atoms with van der Waals surface area (Å²) in [4.78, 5) is 10.8. The Morgan fingerprint density at radius 2 is 2.60 bits per heavy atom. The first kappa shape index (κ1) is 6.74. The van der Waals surface area contributed by atoms with Crippen molar-refractivity contribution in [1.82, 2.24) is 5.16 Å². The Morgan fingerprint density at radius 3 is 3.00 bits per heavy atom. The van der Waals surface area contributed by atoms with Gasteiger partial charge in [-0.15, -0.1) is 0 Å². The predicted octanol–water partition coefficient (Wildman–Crippen LogP) is 1.35. The van der Waals surface area contributed by atoms with Gasteiger partial charge in [0.25, 0.3) is 0 Å². The van der Waals surface area contributed by atoms with Gasteiger partial charge in [0.2, 0.25) is 5.78 Å². The molecule has 0 saturated heterocycles. The highest BCUT2D eigenvalue weighted by molar-refractivity contribution is 6.02. The first-order valence-electron chi connectivity index (χ1n) is 2.84. The van der Waals surface area contributed by atoms with E-state index in [-0.39, 0.29) is 5.78 Å². The minimum atomic E-state index is -0.211. The second kappa shape index (κ2) is 2.47. The Hall–Kier alpha value is -1.38. The molecule has 3 heteroatoms. The van der Waals surface area contributed by atoms with Gasteiger partial charge in [-0.05, 0) is 13.0 Å². The summed E-state index contributed by atoms with van der Waals surface area (Å²) in [5.41, 5.74) is 0.313. The number of rotatable bonds is 2. The second-order valence-electron chi connectivity index (χ2n) is 1.89. The maximum atomic E-state index is 10.8. The molecule has 0 bridgehead atoms. The van der Waals surface area contributed by atoms with E-state index in [9.17, 15) is 4.79 Å². The lowest BCUT2D eigenvalue weighted by Gasteiger charge is -1.79. The van der Waals surface area contributed by atoms with Gasteiger partial charge in [0.1, 0.15) is 5.76 Å². The molecule has 52 valence electrons. The smallest absolute Gasteiger partial charge is 0.207 e. The lowest BCUT2D eigenvalue weighted by Crippen LogP contribution is -1.91. The predicted molar refractivity (Wildman–Crippen MR) is 35.8 cm³/mol. The van der Waals surface area contributed by atoms with Gasteiger partial charge in [0.05, 0.1) is 0 Å². The lowest BCUT2D eigenvalue weighted by molar-refractivity contribution is 0.103. The van der Waals surface area contributed by atoms with Gasteiger partial charge in [0, 0.05) is 6.07 Å². The van der Waals surface area contributed by atoms with E-state index in [4.69, 9.17) is 0 Å². The fourth-order valence-electron chi connectivity index (χ4n) is 0.587. The summed E-state index contributed by atoms with van der Waals surface area (Å²) in [7, 11) is 0. The maximum Gasteiger partial charge on any atom is 0.207 e. The van der Waals surface area contributed by atoms with Crippen LogP contribution in [-0.4, -0.2) is 10.9 Å². The molecule has 0 saturated carbocycles. The highest BCUT2D eigenvalue weighted by Gasteiger charge is 2.05. The number of aryl methyl sites for hydroxylation is 1. The van der Waals surface area contributed by atoms with Crippen molar-refractivity contribution in [3.05, 3.63) is 30.2 Å². The number of allylic oxidation sites excluding steroid dienone is 1. The van der Waals surface area contributed by atoms with Crippen LogP contribution in [0.1, 0.15) is 16.2 Å². The summed E-state index contributed by atoms with van der Waals surface area (Å²) in [6.45, 7) is 5.04. The first-order valence-corrected chi connectivity index (χ1v) is 2.84. The van der Waals surface area contributed by atoms with Gasteiger partial charge in [-0.25, -0.2) is 0 Å². The molecule has 0 aliphatic rings. The van der Waals surface area contributed by atoms with Crippen LogP contribution in [0.5, 0.6) is 0 Å². The summed E-state index contributed by atoms with van der Waals surface area (Å²) >= 11 is 0. The van der Waals surface area contributed by atoms with E-state index >= 15 is 0 Å². The van der Waals surface area contributed by atoms with Crippen LogP contribution in [0.4, 0.5) is 0 Å². The van der Waals surface area contributed by atoms with E-state index in [0.29, 0.717) is 11.5 Å². The van der Waals surface area contributed by atoms with Crippen LogP contribution < -0.4 is 0 Å². The fourth-order valence-corrected chi connectivity index (χ4v) is 0.587. The third kappa shape index (κ3) is 1.13. The van der Waals surface area contributed by atoms with Gasteiger partial charge in [-0.2, -0.15) is 0 Å². The lowest BCUT2D eigenvalue weighted by atomic mass is 10.3. The third-order valence-electron chi connectivity index (χ3n) is 1.07. The molecule has 0 N–H and O–H groups in total. The summed E-state index contributed by atoms with van der Waals surface area (Å²) in [5, 5.41) is 3.49. The molecule has 1 aromatic heterocycles. The molecule has 1 heterocycles. The van der Waals surface area contributed by atoms with Crippen LogP contribution in [0, 0.1) is 6.92 Å². The van der Waals surface area contributed by atoms with E-state index in [0.717, 1.165) is 0 Å². The van der Waals surface area contributed by atoms with Crippen LogP contribution in [-0.2, 0) is 0 Å². The Labute approximate surface area is 58.3 Å². The van der Waals surface area contributed by atoms with E-state index < -0.39 is 0 Å². The molecule has 1 rings (SSSR count). The van der Waals surface area contributed by atoms with Crippen molar-refractivity contribution in [3.63, 3.8) is 0 Å². The van der Waals surface area contributed by atoms with Crippen molar-refractivity contribution in [3.8, 4) is 0 Å². The molecule has 0 radical (unpaired) electrons. The third-order valence-corrected chi connectivity index (χ3v) is 1.07. The monoisotopic (exact) mass is 137 g/mol. The molecule has 3 nitrogen and oxygen atoms in total. The topological polar surface area (TPSA) is 43.1 Å². The van der Waals surface area contributed by atoms with Crippen molar-refractivity contribution in [1.29, 1.82) is 0 Å². The summed E-state index contributed by atoms with van der Waals surface area (Å²) < 4.78 is 4.67. The van der Waals surface area contributed by atoms with Gasteiger partial charge >= 0.3 is 0 Å². The number of hydrogen-bond acceptors (Lipinski definition) is 3. The molecule has 0 aliphatic carbocycles. The number of carbonyl (C=O) groups excluding carboxylic acids is 1. The average Bonchev–Trinajstić information content (AvgIpc) is 2.34. The zero-order valence-electron chi connectivity index (χ0n) is 5.63. The van der Waals surface area contributed by atoms with E-state index in [1.807, 2.05) is 0 Å². The molecule has 0 unspecified atom stereocenters. The molecule has 0 aromatic carbocycles. The van der Waals surface area contributed by atoms with E-state index in [1.54, 1.807) is 13.0 Å². The van der Waals surface area contributed by atoms with Crippen LogP contribution in [0.15, 0.2) is 23.2 Å². The van der Waals surface area contributed by atoms with Crippen LogP contribution >= 0.6 is 0 Å². The van der Waals surface area contributed by atoms with Crippen LogP contribution in [0.25, 0.3) is 0 Å². The van der Waals surface area contributed by atoms with Gasteiger partial charge in [-0.3, -0.25) is 4.79 Å². The summed E-state index contributed by atoms with van der Waals surface area (Å²) in [6, 6.07) is 1.57. The normalized spacial score (nSPS) is 9.30. The number of ketones is 1. The number of aromatic nitrogens is 1. The van der Waals surface area contributed by atoms with Crippen LogP contribution in [0.2, 0.25) is 0 Å². The SMILES string of the molecule is C=CC(=O)c1cc(C)on1. The van der Waals surface area contributed by atoms with E-state index in [1.165, 1.54) is 6.08 Å². The quantitative estimate of drug-likeness (QED) is 0.456. The Morgan fingerprint density at radius 1 is 1.90 bits per heavy atom. The van der Waals surface area contributed by atoms with Gasteiger partial charge in [-0.1, -0.05) is 11.7 Å². The summed E-state index contributed by atoms with van der Waals surface area (Å²) in [6.07, 6.45) is 1.21. The molecule has 0 amide bonds. The number of nitrogens with zero attached hydrogens (tertiary/aromatic N) is 1. The zero-order chi connectivity index (χ0) is 7.56. The molecule has 0 aliphatic heterocycles. The molecular weight excluding hydrogens is 130 g/mol. The Kier molecular flexibility index (Phi) is 1.67. The zero-order valence-corrected chi connectivity index (χ0v) is 5.63. The van der Waals surface area contributed by atoms with Crippen molar-refractivity contribution >= 4 is 5.78 Å². The second-order valence-corrected chi connectivity index (χ2v) is 1.89. The number of carbonyl (C=O) groups is 1. The largest absolute Gasteiger partial charge is 0.361 e. The van der Waals surface area contributed by atoms with E-state index in [2.05, 4.69) is 16.3 Å². The summed E-state index contributed by atoms with van der Waals surface area (Å²) in [5.74, 6) is 0.419. The standard InChI is InChI=1S/C7H7NO2/c1-3-7(9)6-4-5(2)10-8-6/h3-4H,1H2,2H3. The van der Waals surface area contributed by atoms with Gasteiger partial charge < -0.3 is 4.52 Å².